The second-order valence-corrected chi connectivity index (χ2v) is 7.54. The minimum absolute atomic E-state index is 0.0515. The van der Waals surface area contributed by atoms with E-state index in [9.17, 15) is 4.79 Å². The van der Waals surface area contributed by atoms with Crippen LogP contribution in [0.25, 0.3) is 11.1 Å². The van der Waals surface area contributed by atoms with Crippen LogP contribution in [0.15, 0.2) is 78.9 Å². The summed E-state index contributed by atoms with van der Waals surface area (Å²) in [5.74, 6) is -0.0515. The number of hydrogen-bond donors (Lipinski definition) is 1. The van der Waals surface area contributed by atoms with Crippen LogP contribution in [0.1, 0.15) is 42.3 Å². The number of benzene rings is 3. The molecule has 2 nitrogen and oxygen atoms in total. The van der Waals surface area contributed by atoms with Crippen molar-refractivity contribution in [3.05, 3.63) is 95.6 Å². The normalized spacial score (nSPS) is 11.2. The van der Waals surface area contributed by atoms with Gasteiger partial charge in [0.1, 0.15) is 0 Å². The van der Waals surface area contributed by atoms with E-state index < -0.39 is 0 Å². The number of nitrogens with one attached hydrogen (secondary N) is 1. The molecule has 0 unspecified atom stereocenters. The average molecular weight is 343 g/mol. The van der Waals surface area contributed by atoms with Crippen molar-refractivity contribution in [1.82, 2.24) is 5.32 Å². The third-order valence-corrected chi connectivity index (χ3v) is 4.53. The number of amides is 1. The van der Waals surface area contributed by atoms with Crippen LogP contribution in [0.3, 0.4) is 0 Å². The smallest absolute Gasteiger partial charge is 0.252 e. The summed E-state index contributed by atoms with van der Waals surface area (Å²) >= 11 is 0. The first-order valence-corrected chi connectivity index (χ1v) is 8.97. The van der Waals surface area contributed by atoms with Crippen LogP contribution in [0, 0.1) is 0 Å². The van der Waals surface area contributed by atoms with E-state index in [1.54, 1.807) is 0 Å². The largest absolute Gasteiger partial charge is 0.348 e. The van der Waals surface area contributed by atoms with Gasteiger partial charge in [0.15, 0.2) is 0 Å². The fourth-order valence-corrected chi connectivity index (χ4v) is 2.95. The molecule has 0 aliphatic carbocycles. The lowest BCUT2D eigenvalue weighted by atomic mass is 9.87. The highest BCUT2D eigenvalue weighted by Crippen LogP contribution is 2.24. The molecule has 2 heteroatoms. The summed E-state index contributed by atoms with van der Waals surface area (Å²) in [4.78, 5) is 12.7. The van der Waals surface area contributed by atoms with Gasteiger partial charge in [-0.15, -0.1) is 0 Å². The maximum absolute atomic E-state index is 12.7. The molecule has 0 radical (unpaired) electrons. The zero-order valence-electron chi connectivity index (χ0n) is 15.6. The molecule has 3 aromatic carbocycles. The van der Waals surface area contributed by atoms with Crippen LogP contribution in [0.5, 0.6) is 0 Å². The van der Waals surface area contributed by atoms with Crippen LogP contribution in [-0.4, -0.2) is 5.91 Å². The van der Waals surface area contributed by atoms with E-state index in [0.717, 1.165) is 16.7 Å². The van der Waals surface area contributed by atoms with Gasteiger partial charge in [-0.1, -0.05) is 93.6 Å². The van der Waals surface area contributed by atoms with Crippen molar-refractivity contribution < 1.29 is 4.79 Å². The summed E-state index contributed by atoms with van der Waals surface area (Å²) in [7, 11) is 0. The van der Waals surface area contributed by atoms with Crippen molar-refractivity contribution in [3.63, 3.8) is 0 Å². The number of carbonyl (C=O) groups excluding carboxylic acids is 1. The topological polar surface area (TPSA) is 29.1 Å². The Morgan fingerprint density at radius 2 is 1.42 bits per heavy atom. The monoisotopic (exact) mass is 343 g/mol. The van der Waals surface area contributed by atoms with Crippen LogP contribution in [0.4, 0.5) is 0 Å². The Morgan fingerprint density at radius 1 is 0.808 bits per heavy atom. The zero-order valence-corrected chi connectivity index (χ0v) is 15.6. The molecule has 3 rings (SSSR count). The highest BCUT2D eigenvalue weighted by molar-refractivity contribution is 6.00. The molecular formula is C24H25NO. The third kappa shape index (κ3) is 4.20. The van der Waals surface area contributed by atoms with Gasteiger partial charge in [0.25, 0.3) is 5.91 Å². The zero-order chi connectivity index (χ0) is 18.6. The maximum Gasteiger partial charge on any atom is 0.252 e. The summed E-state index contributed by atoms with van der Waals surface area (Å²) < 4.78 is 0. The molecule has 26 heavy (non-hydrogen) atoms. The lowest BCUT2D eigenvalue weighted by molar-refractivity contribution is 0.0951. The maximum atomic E-state index is 12.7. The highest BCUT2D eigenvalue weighted by atomic mass is 16.1. The molecule has 0 saturated heterocycles. The standard InChI is InChI=1S/C24H25NO/c1-24(2,3)20-15-13-18(14-16-20)17-25-23(26)22-12-8-7-11-21(22)19-9-5-4-6-10-19/h4-16H,17H2,1-3H3,(H,25,26). The first-order valence-electron chi connectivity index (χ1n) is 8.97. The van der Waals surface area contributed by atoms with Gasteiger partial charge in [0.05, 0.1) is 0 Å². The first-order chi connectivity index (χ1) is 12.4. The highest BCUT2D eigenvalue weighted by Gasteiger charge is 2.14. The Labute approximate surface area is 155 Å². The van der Waals surface area contributed by atoms with E-state index in [4.69, 9.17) is 0 Å². The SMILES string of the molecule is CC(C)(C)c1ccc(CNC(=O)c2ccccc2-c2ccccc2)cc1. The molecule has 0 saturated carbocycles. The van der Waals surface area contributed by atoms with Crippen molar-refractivity contribution in [1.29, 1.82) is 0 Å². The lowest BCUT2D eigenvalue weighted by Gasteiger charge is -2.19. The van der Waals surface area contributed by atoms with E-state index in [0.29, 0.717) is 12.1 Å². The van der Waals surface area contributed by atoms with E-state index in [2.05, 4.69) is 50.4 Å². The summed E-state index contributed by atoms with van der Waals surface area (Å²) in [6.45, 7) is 7.12. The predicted molar refractivity (Wildman–Crippen MR) is 108 cm³/mol. The van der Waals surface area contributed by atoms with Gasteiger partial charge >= 0.3 is 0 Å². The Morgan fingerprint density at radius 3 is 2.08 bits per heavy atom. The fraction of sp³-hybridized carbons (Fsp3) is 0.208. The number of rotatable bonds is 4. The first kappa shape index (κ1) is 17.9. The van der Waals surface area contributed by atoms with Crippen molar-refractivity contribution in [2.75, 3.05) is 0 Å². The summed E-state index contributed by atoms with van der Waals surface area (Å²) in [5, 5.41) is 3.04. The Kier molecular flexibility index (Phi) is 5.22. The second kappa shape index (κ2) is 7.57. The quantitative estimate of drug-likeness (QED) is 0.658. The molecule has 0 fully saturated rings. The number of hydrogen-bond acceptors (Lipinski definition) is 1. The Hall–Kier alpha value is -2.87. The van der Waals surface area contributed by atoms with Crippen molar-refractivity contribution in [2.24, 2.45) is 0 Å². The Bertz CT molecular complexity index is 874. The van der Waals surface area contributed by atoms with Gasteiger partial charge in [-0.25, -0.2) is 0 Å². The van der Waals surface area contributed by atoms with Crippen LogP contribution in [0.2, 0.25) is 0 Å². The third-order valence-electron chi connectivity index (χ3n) is 4.53. The van der Waals surface area contributed by atoms with Crippen LogP contribution < -0.4 is 5.32 Å². The van der Waals surface area contributed by atoms with E-state index in [-0.39, 0.29) is 11.3 Å². The van der Waals surface area contributed by atoms with Gasteiger partial charge in [0, 0.05) is 12.1 Å². The van der Waals surface area contributed by atoms with Gasteiger partial charge < -0.3 is 5.32 Å². The molecule has 0 aliphatic rings. The van der Waals surface area contributed by atoms with E-state index in [1.165, 1.54) is 5.56 Å². The van der Waals surface area contributed by atoms with Gasteiger partial charge in [-0.05, 0) is 33.7 Å². The molecule has 0 aliphatic heterocycles. The Balaban J connectivity index is 1.73. The molecule has 0 spiro atoms. The van der Waals surface area contributed by atoms with Gasteiger partial charge in [-0.2, -0.15) is 0 Å². The summed E-state index contributed by atoms with van der Waals surface area (Å²) in [5.41, 5.74) is 5.23. The predicted octanol–water partition coefficient (Wildman–Crippen LogP) is 5.58. The molecule has 1 amide bonds. The second-order valence-electron chi connectivity index (χ2n) is 7.54. The minimum Gasteiger partial charge on any atom is -0.348 e. The lowest BCUT2D eigenvalue weighted by Crippen LogP contribution is -2.23. The fourth-order valence-electron chi connectivity index (χ4n) is 2.95. The average Bonchev–Trinajstić information content (AvgIpc) is 2.66. The van der Waals surface area contributed by atoms with Crippen molar-refractivity contribution in [2.45, 2.75) is 32.7 Å². The number of carbonyl (C=O) groups is 1. The molecular weight excluding hydrogens is 318 g/mol. The summed E-state index contributed by atoms with van der Waals surface area (Å²) in [6.07, 6.45) is 0. The summed E-state index contributed by atoms with van der Waals surface area (Å²) in [6, 6.07) is 26.2. The van der Waals surface area contributed by atoms with Crippen molar-refractivity contribution in [3.8, 4) is 11.1 Å². The molecule has 0 heterocycles. The van der Waals surface area contributed by atoms with Crippen molar-refractivity contribution >= 4 is 5.91 Å². The van der Waals surface area contributed by atoms with E-state index >= 15 is 0 Å². The van der Waals surface area contributed by atoms with E-state index in [1.807, 2.05) is 54.6 Å². The molecule has 0 atom stereocenters. The van der Waals surface area contributed by atoms with Gasteiger partial charge in [0.2, 0.25) is 0 Å². The van der Waals surface area contributed by atoms with Crippen LogP contribution in [-0.2, 0) is 12.0 Å². The molecule has 0 bridgehead atoms. The van der Waals surface area contributed by atoms with Gasteiger partial charge in [-0.3, -0.25) is 4.79 Å². The minimum atomic E-state index is -0.0515. The molecule has 132 valence electrons. The van der Waals surface area contributed by atoms with Crippen LogP contribution >= 0.6 is 0 Å². The molecule has 0 aromatic heterocycles. The molecule has 3 aromatic rings. The molecule has 1 N–H and O–H groups in total.